The molecule has 2 aliphatic rings. The number of piperidine rings is 1. The number of benzene rings is 1. The van der Waals surface area contributed by atoms with Gasteiger partial charge in [-0.15, -0.1) is 0 Å². The topological polar surface area (TPSA) is 26.7 Å². The Balaban J connectivity index is 1.80. The molecule has 1 fully saturated rings. The van der Waals surface area contributed by atoms with Crippen molar-refractivity contribution in [3.63, 3.8) is 0 Å². The number of phenolic OH excluding ortho intramolecular Hbond substituents is 1. The molecule has 19 heavy (non-hydrogen) atoms. The van der Waals surface area contributed by atoms with E-state index in [2.05, 4.69) is 30.0 Å². The van der Waals surface area contributed by atoms with Gasteiger partial charge < -0.3 is 10.0 Å². The molecular weight excluding hydrogens is 236 g/mol. The van der Waals surface area contributed by atoms with Crippen LogP contribution in [0, 0.1) is 0 Å². The lowest BCUT2D eigenvalue weighted by Gasteiger charge is -2.39. The Morgan fingerprint density at radius 3 is 2.89 bits per heavy atom. The van der Waals surface area contributed by atoms with E-state index >= 15 is 0 Å². The SMILES string of the molecule is CN(C)C1CCCN(C2CCc3c(O)cccc32)C1. The Morgan fingerprint density at radius 2 is 2.11 bits per heavy atom. The van der Waals surface area contributed by atoms with E-state index in [-0.39, 0.29) is 0 Å². The minimum Gasteiger partial charge on any atom is -0.508 e. The van der Waals surface area contributed by atoms with Gasteiger partial charge in [-0.3, -0.25) is 4.90 Å². The van der Waals surface area contributed by atoms with Gasteiger partial charge in [0.15, 0.2) is 0 Å². The van der Waals surface area contributed by atoms with Gasteiger partial charge in [0.05, 0.1) is 0 Å². The van der Waals surface area contributed by atoms with Crippen molar-refractivity contribution >= 4 is 0 Å². The molecule has 1 aliphatic heterocycles. The molecule has 2 unspecified atom stereocenters. The fraction of sp³-hybridized carbons (Fsp3) is 0.625. The number of hydrogen-bond donors (Lipinski definition) is 1. The van der Waals surface area contributed by atoms with Gasteiger partial charge in [-0.1, -0.05) is 12.1 Å². The van der Waals surface area contributed by atoms with E-state index in [0.717, 1.165) is 19.4 Å². The van der Waals surface area contributed by atoms with Crippen molar-refractivity contribution < 1.29 is 5.11 Å². The average Bonchev–Trinajstić information content (AvgIpc) is 2.84. The summed E-state index contributed by atoms with van der Waals surface area (Å²) < 4.78 is 0. The van der Waals surface area contributed by atoms with E-state index in [9.17, 15) is 5.11 Å². The van der Waals surface area contributed by atoms with Crippen LogP contribution in [-0.4, -0.2) is 48.1 Å². The summed E-state index contributed by atoms with van der Waals surface area (Å²) in [6.45, 7) is 2.36. The maximum absolute atomic E-state index is 9.96. The second kappa shape index (κ2) is 5.14. The standard InChI is InChI=1S/C16H24N2O/c1-17(2)12-5-4-10-18(11-12)15-9-8-14-13(15)6-3-7-16(14)19/h3,6-7,12,15,19H,4-5,8-11H2,1-2H3. The second-order valence-corrected chi connectivity index (χ2v) is 6.15. The van der Waals surface area contributed by atoms with Crippen molar-refractivity contribution in [2.75, 3.05) is 27.2 Å². The maximum atomic E-state index is 9.96. The van der Waals surface area contributed by atoms with E-state index < -0.39 is 0 Å². The van der Waals surface area contributed by atoms with Gasteiger partial charge in [0.25, 0.3) is 0 Å². The van der Waals surface area contributed by atoms with Crippen LogP contribution in [0.2, 0.25) is 0 Å². The number of phenols is 1. The molecule has 1 aromatic rings. The molecule has 0 spiro atoms. The van der Waals surface area contributed by atoms with Crippen LogP contribution in [0.25, 0.3) is 0 Å². The van der Waals surface area contributed by atoms with Crippen LogP contribution >= 0.6 is 0 Å². The Morgan fingerprint density at radius 1 is 1.26 bits per heavy atom. The number of rotatable bonds is 2. The van der Waals surface area contributed by atoms with Gasteiger partial charge >= 0.3 is 0 Å². The minimum atomic E-state index is 0.487. The smallest absolute Gasteiger partial charge is 0.119 e. The summed E-state index contributed by atoms with van der Waals surface area (Å²) in [6.07, 6.45) is 4.78. The maximum Gasteiger partial charge on any atom is 0.119 e. The highest BCUT2D eigenvalue weighted by Crippen LogP contribution is 2.40. The lowest BCUT2D eigenvalue weighted by Crippen LogP contribution is -2.46. The third kappa shape index (κ3) is 2.37. The molecule has 3 nitrogen and oxygen atoms in total. The zero-order valence-electron chi connectivity index (χ0n) is 12.0. The lowest BCUT2D eigenvalue weighted by molar-refractivity contribution is 0.0959. The lowest BCUT2D eigenvalue weighted by atomic mass is 10.00. The van der Waals surface area contributed by atoms with Crippen molar-refractivity contribution in [2.24, 2.45) is 0 Å². The van der Waals surface area contributed by atoms with E-state index in [1.807, 2.05) is 12.1 Å². The molecule has 3 rings (SSSR count). The monoisotopic (exact) mass is 260 g/mol. The Hall–Kier alpha value is -1.06. The number of hydrogen-bond acceptors (Lipinski definition) is 3. The molecule has 0 amide bonds. The molecule has 3 heteroatoms. The van der Waals surface area contributed by atoms with Crippen molar-refractivity contribution in [3.05, 3.63) is 29.3 Å². The summed E-state index contributed by atoms with van der Waals surface area (Å²) in [5.74, 6) is 0.487. The highest BCUT2D eigenvalue weighted by atomic mass is 16.3. The summed E-state index contributed by atoms with van der Waals surface area (Å²) in [4.78, 5) is 4.98. The molecular formula is C16H24N2O. The molecule has 0 bridgehead atoms. The molecule has 1 saturated heterocycles. The van der Waals surface area contributed by atoms with Crippen molar-refractivity contribution in [1.29, 1.82) is 0 Å². The Bertz CT molecular complexity index is 458. The summed E-state index contributed by atoms with van der Waals surface area (Å²) in [7, 11) is 4.37. The molecule has 1 N–H and O–H groups in total. The Labute approximate surface area is 115 Å². The molecule has 2 atom stereocenters. The molecule has 1 heterocycles. The largest absolute Gasteiger partial charge is 0.508 e. The molecule has 104 valence electrons. The fourth-order valence-electron chi connectivity index (χ4n) is 3.68. The first-order valence-corrected chi connectivity index (χ1v) is 7.38. The number of nitrogens with zero attached hydrogens (tertiary/aromatic N) is 2. The van der Waals surface area contributed by atoms with Crippen molar-refractivity contribution in [3.8, 4) is 5.75 Å². The van der Waals surface area contributed by atoms with E-state index in [0.29, 0.717) is 17.8 Å². The third-order valence-corrected chi connectivity index (χ3v) is 4.81. The first-order chi connectivity index (χ1) is 9.16. The van der Waals surface area contributed by atoms with Crippen LogP contribution in [0.1, 0.15) is 36.4 Å². The van der Waals surface area contributed by atoms with Gasteiger partial charge in [0.2, 0.25) is 0 Å². The van der Waals surface area contributed by atoms with Crippen LogP contribution in [-0.2, 0) is 6.42 Å². The van der Waals surface area contributed by atoms with E-state index in [4.69, 9.17) is 0 Å². The molecule has 0 aromatic heterocycles. The minimum absolute atomic E-state index is 0.487. The van der Waals surface area contributed by atoms with Gasteiger partial charge in [0, 0.05) is 18.6 Å². The summed E-state index contributed by atoms with van der Waals surface area (Å²) in [5.41, 5.74) is 2.54. The quantitative estimate of drug-likeness (QED) is 0.884. The van der Waals surface area contributed by atoms with Gasteiger partial charge in [-0.05, 0) is 63.5 Å². The highest BCUT2D eigenvalue weighted by Gasteiger charge is 2.32. The predicted octanol–water partition coefficient (Wildman–Crippen LogP) is 2.41. The van der Waals surface area contributed by atoms with E-state index in [1.165, 1.54) is 30.5 Å². The zero-order chi connectivity index (χ0) is 13.4. The number of aromatic hydroxyl groups is 1. The van der Waals surface area contributed by atoms with Crippen LogP contribution < -0.4 is 0 Å². The first kappa shape index (κ1) is 12.9. The third-order valence-electron chi connectivity index (χ3n) is 4.81. The van der Waals surface area contributed by atoms with Gasteiger partial charge in [-0.25, -0.2) is 0 Å². The first-order valence-electron chi connectivity index (χ1n) is 7.38. The zero-order valence-corrected chi connectivity index (χ0v) is 12.0. The summed E-state index contributed by atoms with van der Waals surface area (Å²) in [5, 5.41) is 9.96. The molecule has 1 aromatic carbocycles. The molecule has 0 radical (unpaired) electrons. The number of fused-ring (bicyclic) bond motifs is 1. The number of likely N-dealkylation sites (N-methyl/N-ethyl adjacent to an activating group) is 1. The molecule has 1 aliphatic carbocycles. The predicted molar refractivity (Wildman–Crippen MR) is 77.5 cm³/mol. The second-order valence-electron chi connectivity index (χ2n) is 6.15. The van der Waals surface area contributed by atoms with Crippen LogP contribution in [0.15, 0.2) is 18.2 Å². The summed E-state index contributed by atoms with van der Waals surface area (Å²) >= 11 is 0. The van der Waals surface area contributed by atoms with Crippen LogP contribution in [0.5, 0.6) is 5.75 Å². The van der Waals surface area contributed by atoms with Crippen LogP contribution in [0.4, 0.5) is 0 Å². The highest BCUT2D eigenvalue weighted by molar-refractivity contribution is 5.44. The number of likely N-dealkylation sites (tertiary alicyclic amines) is 1. The summed E-state index contributed by atoms with van der Waals surface area (Å²) in [6, 6.07) is 7.20. The normalized spacial score (nSPS) is 27.7. The van der Waals surface area contributed by atoms with Crippen molar-refractivity contribution in [1.82, 2.24) is 9.80 Å². The van der Waals surface area contributed by atoms with Crippen LogP contribution in [0.3, 0.4) is 0 Å². The van der Waals surface area contributed by atoms with Gasteiger partial charge in [0.1, 0.15) is 5.75 Å². The van der Waals surface area contributed by atoms with Gasteiger partial charge in [-0.2, -0.15) is 0 Å². The van der Waals surface area contributed by atoms with Crippen molar-refractivity contribution in [2.45, 2.75) is 37.8 Å². The molecule has 0 saturated carbocycles. The average molecular weight is 260 g/mol. The fourth-order valence-corrected chi connectivity index (χ4v) is 3.68. The Kier molecular flexibility index (Phi) is 3.50. The van der Waals surface area contributed by atoms with E-state index in [1.54, 1.807) is 0 Å².